The molecular weight excluding hydrogens is 258 g/mol. The van der Waals surface area contributed by atoms with Gasteiger partial charge in [-0.15, -0.1) is 5.10 Å². The average Bonchev–Trinajstić information content (AvgIpc) is 2.79. The Bertz CT molecular complexity index is 551. The number of nitrogens with one attached hydrogen (secondary N) is 1. The van der Waals surface area contributed by atoms with Crippen LogP contribution in [0.25, 0.3) is 0 Å². The zero-order chi connectivity index (χ0) is 13.8. The highest BCUT2D eigenvalue weighted by Gasteiger charge is 2.07. The van der Waals surface area contributed by atoms with E-state index in [1.807, 2.05) is 18.2 Å². The predicted octanol–water partition coefficient (Wildman–Crippen LogP) is 3.45. The molecule has 102 valence electrons. The van der Waals surface area contributed by atoms with E-state index in [2.05, 4.69) is 43.2 Å². The van der Waals surface area contributed by atoms with Crippen molar-refractivity contribution in [1.82, 2.24) is 15.5 Å². The monoisotopic (exact) mass is 277 g/mol. The van der Waals surface area contributed by atoms with E-state index >= 15 is 0 Å². The molecule has 0 fully saturated rings. The minimum atomic E-state index is 0.438. The Labute approximate surface area is 117 Å². The van der Waals surface area contributed by atoms with Crippen molar-refractivity contribution in [2.45, 2.75) is 40.3 Å². The van der Waals surface area contributed by atoms with Crippen molar-refractivity contribution in [1.29, 1.82) is 0 Å². The third-order valence-electron chi connectivity index (χ3n) is 2.79. The molecule has 0 bridgehead atoms. The standard InChI is InChI=1S/C14H19N3OS/c1-9(2)15-8-13-16-17-14(19-13)18-12-6-5-10(3)11(4)7-12/h5-7,9,15H,8H2,1-4H3. The minimum absolute atomic E-state index is 0.438. The first kappa shape index (κ1) is 14.0. The maximum atomic E-state index is 5.72. The van der Waals surface area contributed by atoms with Crippen LogP contribution in [0.15, 0.2) is 18.2 Å². The molecule has 1 aromatic heterocycles. The molecule has 2 aromatic rings. The Hall–Kier alpha value is -1.46. The molecule has 1 N–H and O–H groups in total. The van der Waals surface area contributed by atoms with Crippen molar-refractivity contribution in [3.8, 4) is 10.9 Å². The van der Waals surface area contributed by atoms with Gasteiger partial charge in [0, 0.05) is 6.04 Å². The van der Waals surface area contributed by atoms with Gasteiger partial charge < -0.3 is 10.1 Å². The van der Waals surface area contributed by atoms with Crippen molar-refractivity contribution >= 4 is 11.3 Å². The number of aryl methyl sites for hydroxylation is 2. The van der Waals surface area contributed by atoms with Gasteiger partial charge in [-0.2, -0.15) is 0 Å². The van der Waals surface area contributed by atoms with Crippen molar-refractivity contribution in [2.24, 2.45) is 0 Å². The topological polar surface area (TPSA) is 47.0 Å². The molecule has 5 heteroatoms. The fourth-order valence-electron chi connectivity index (χ4n) is 1.52. The molecule has 2 rings (SSSR count). The Morgan fingerprint density at radius 2 is 2.00 bits per heavy atom. The zero-order valence-electron chi connectivity index (χ0n) is 11.7. The lowest BCUT2D eigenvalue weighted by molar-refractivity contribution is 0.472. The number of ether oxygens (including phenoxy) is 1. The molecular formula is C14H19N3OS. The summed E-state index contributed by atoms with van der Waals surface area (Å²) in [5.41, 5.74) is 2.47. The van der Waals surface area contributed by atoms with Gasteiger partial charge in [0.05, 0.1) is 6.54 Å². The van der Waals surface area contributed by atoms with Crippen LogP contribution >= 0.6 is 11.3 Å². The SMILES string of the molecule is Cc1ccc(Oc2nnc(CNC(C)C)s2)cc1C. The summed E-state index contributed by atoms with van der Waals surface area (Å²) >= 11 is 1.47. The van der Waals surface area contributed by atoms with Crippen LogP contribution in [0.3, 0.4) is 0 Å². The van der Waals surface area contributed by atoms with E-state index in [0.29, 0.717) is 11.2 Å². The van der Waals surface area contributed by atoms with E-state index in [1.54, 1.807) is 0 Å². The molecule has 0 amide bonds. The molecule has 0 spiro atoms. The van der Waals surface area contributed by atoms with E-state index in [1.165, 1.54) is 22.5 Å². The summed E-state index contributed by atoms with van der Waals surface area (Å²) in [4.78, 5) is 0. The number of aromatic nitrogens is 2. The van der Waals surface area contributed by atoms with E-state index in [0.717, 1.165) is 17.3 Å². The van der Waals surface area contributed by atoms with Crippen molar-refractivity contribution < 1.29 is 4.74 Å². The molecule has 0 saturated carbocycles. The number of hydrogen-bond donors (Lipinski definition) is 1. The van der Waals surface area contributed by atoms with E-state index in [9.17, 15) is 0 Å². The highest BCUT2D eigenvalue weighted by molar-refractivity contribution is 7.13. The van der Waals surface area contributed by atoms with Gasteiger partial charge in [-0.3, -0.25) is 0 Å². The maximum absolute atomic E-state index is 5.72. The second-order valence-corrected chi connectivity index (χ2v) is 5.87. The summed E-state index contributed by atoms with van der Waals surface area (Å²) in [5, 5.41) is 13.0. The fourth-order valence-corrected chi connectivity index (χ4v) is 2.18. The smallest absolute Gasteiger partial charge is 0.299 e. The van der Waals surface area contributed by atoms with Crippen LogP contribution < -0.4 is 10.1 Å². The van der Waals surface area contributed by atoms with Crippen LogP contribution in [-0.4, -0.2) is 16.2 Å². The summed E-state index contributed by atoms with van der Waals surface area (Å²) in [5.74, 6) is 0.808. The van der Waals surface area contributed by atoms with Gasteiger partial charge in [0.1, 0.15) is 10.8 Å². The largest absolute Gasteiger partial charge is 0.430 e. The van der Waals surface area contributed by atoms with E-state index in [-0.39, 0.29) is 0 Å². The van der Waals surface area contributed by atoms with Crippen molar-refractivity contribution in [2.75, 3.05) is 0 Å². The highest BCUT2D eigenvalue weighted by atomic mass is 32.1. The first-order valence-electron chi connectivity index (χ1n) is 6.35. The number of rotatable bonds is 5. The van der Waals surface area contributed by atoms with Crippen LogP contribution in [0.5, 0.6) is 10.9 Å². The average molecular weight is 277 g/mol. The van der Waals surface area contributed by atoms with Gasteiger partial charge >= 0.3 is 0 Å². The van der Waals surface area contributed by atoms with Crippen LogP contribution in [0.2, 0.25) is 0 Å². The molecule has 0 atom stereocenters. The third-order valence-corrected chi connectivity index (χ3v) is 3.59. The molecule has 19 heavy (non-hydrogen) atoms. The normalized spacial score (nSPS) is 11.0. The molecule has 4 nitrogen and oxygen atoms in total. The van der Waals surface area contributed by atoms with Crippen molar-refractivity contribution in [3.05, 3.63) is 34.3 Å². The van der Waals surface area contributed by atoms with Gasteiger partial charge in [0.2, 0.25) is 0 Å². The summed E-state index contributed by atoms with van der Waals surface area (Å²) in [6.45, 7) is 9.09. The Balaban J connectivity index is 2.01. The highest BCUT2D eigenvalue weighted by Crippen LogP contribution is 2.26. The molecule has 1 heterocycles. The Kier molecular flexibility index (Phi) is 4.50. The molecule has 0 saturated heterocycles. The summed E-state index contributed by atoms with van der Waals surface area (Å²) in [7, 11) is 0. The molecule has 0 unspecified atom stereocenters. The van der Waals surface area contributed by atoms with Gasteiger partial charge in [-0.1, -0.05) is 36.3 Å². The molecule has 0 aliphatic rings. The summed E-state index contributed by atoms with van der Waals surface area (Å²) < 4.78 is 5.72. The van der Waals surface area contributed by atoms with Crippen LogP contribution in [0.1, 0.15) is 30.0 Å². The second kappa shape index (κ2) is 6.12. The molecule has 0 aliphatic carbocycles. The number of nitrogens with zero attached hydrogens (tertiary/aromatic N) is 2. The first-order valence-corrected chi connectivity index (χ1v) is 7.17. The van der Waals surface area contributed by atoms with Gasteiger partial charge in [-0.25, -0.2) is 0 Å². The lowest BCUT2D eigenvalue weighted by atomic mass is 10.1. The minimum Gasteiger partial charge on any atom is -0.430 e. The Morgan fingerprint density at radius 1 is 1.21 bits per heavy atom. The predicted molar refractivity (Wildman–Crippen MR) is 77.9 cm³/mol. The first-order chi connectivity index (χ1) is 9.04. The van der Waals surface area contributed by atoms with Gasteiger partial charge in [0.25, 0.3) is 5.19 Å². The lowest BCUT2D eigenvalue weighted by Crippen LogP contribution is -2.21. The number of benzene rings is 1. The van der Waals surface area contributed by atoms with Crippen LogP contribution in [0.4, 0.5) is 0 Å². The van der Waals surface area contributed by atoms with Gasteiger partial charge in [0.15, 0.2) is 0 Å². The quantitative estimate of drug-likeness (QED) is 0.909. The Morgan fingerprint density at radius 3 is 2.68 bits per heavy atom. The number of hydrogen-bond acceptors (Lipinski definition) is 5. The summed E-state index contributed by atoms with van der Waals surface area (Å²) in [6.07, 6.45) is 0. The van der Waals surface area contributed by atoms with E-state index < -0.39 is 0 Å². The second-order valence-electron chi connectivity index (χ2n) is 4.85. The summed E-state index contributed by atoms with van der Waals surface area (Å²) in [6, 6.07) is 6.46. The maximum Gasteiger partial charge on any atom is 0.299 e. The van der Waals surface area contributed by atoms with Crippen molar-refractivity contribution in [3.63, 3.8) is 0 Å². The zero-order valence-corrected chi connectivity index (χ0v) is 12.5. The fraction of sp³-hybridized carbons (Fsp3) is 0.429. The molecule has 0 aliphatic heterocycles. The molecule has 1 aromatic carbocycles. The van der Waals surface area contributed by atoms with Crippen LogP contribution in [-0.2, 0) is 6.54 Å². The van der Waals surface area contributed by atoms with Gasteiger partial charge in [-0.05, 0) is 37.1 Å². The van der Waals surface area contributed by atoms with E-state index in [4.69, 9.17) is 4.74 Å². The third kappa shape index (κ3) is 4.01. The van der Waals surface area contributed by atoms with Crippen LogP contribution in [0, 0.1) is 13.8 Å². The molecule has 0 radical (unpaired) electrons. The lowest BCUT2D eigenvalue weighted by Gasteiger charge is -2.04.